The summed E-state index contributed by atoms with van der Waals surface area (Å²) in [6.45, 7) is 3.70. The number of urea groups is 1. The first-order valence-electron chi connectivity index (χ1n) is 10.9. The lowest BCUT2D eigenvalue weighted by molar-refractivity contribution is -0.384. The van der Waals surface area contributed by atoms with E-state index in [0.717, 1.165) is 16.0 Å². The summed E-state index contributed by atoms with van der Waals surface area (Å²) >= 11 is 9.79. The molecule has 1 saturated heterocycles. The van der Waals surface area contributed by atoms with E-state index in [4.69, 9.17) is 16.3 Å². The molecule has 4 rings (SSSR count). The normalized spacial score (nSPS) is 14.6. The number of hydrogen-bond acceptors (Lipinski definition) is 6. The number of carbonyl (C=O) groups is 3. The monoisotopic (exact) mass is 583 g/mol. The Morgan fingerprint density at radius 3 is 2.43 bits per heavy atom. The molecule has 4 amide bonds. The van der Waals surface area contributed by atoms with Crippen LogP contribution in [0.3, 0.4) is 0 Å². The molecule has 3 aromatic rings. The fourth-order valence-electron chi connectivity index (χ4n) is 3.85. The fourth-order valence-corrected chi connectivity index (χ4v) is 4.84. The standard InChI is InChI=1S/C26H19BrClN3O6/c1-14-6-15(2)8-19(7-14)30-25(33)20(24(32)29-26(30)34)10-17-11-21(27)23(22(28)12-17)37-13-16-4-3-5-18(9-16)31(35)36/h3-12H,13H2,1-2H3,(H,29,32,34)/b20-10+. The molecule has 11 heteroatoms. The van der Waals surface area contributed by atoms with Crippen molar-refractivity contribution in [1.29, 1.82) is 0 Å². The summed E-state index contributed by atoms with van der Waals surface area (Å²) in [7, 11) is 0. The molecular weight excluding hydrogens is 566 g/mol. The smallest absolute Gasteiger partial charge is 0.335 e. The van der Waals surface area contributed by atoms with Crippen molar-refractivity contribution in [1.82, 2.24) is 5.32 Å². The highest BCUT2D eigenvalue weighted by Crippen LogP contribution is 2.36. The molecule has 0 aliphatic carbocycles. The number of nitrogens with zero attached hydrogens (tertiary/aromatic N) is 2. The van der Waals surface area contributed by atoms with Gasteiger partial charge in [0.25, 0.3) is 17.5 Å². The van der Waals surface area contributed by atoms with Crippen molar-refractivity contribution in [3.63, 3.8) is 0 Å². The second-order valence-electron chi connectivity index (χ2n) is 8.33. The fraction of sp³-hybridized carbons (Fsp3) is 0.115. The molecule has 1 aliphatic heterocycles. The van der Waals surface area contributed by atoms with Crippen LogP contribution in [0.4, 0.5) is 16.2 Å². The molecule has 0 radical (unpaired) electrons. The SMILES string of the molecule is Cc1cc(C)cc(N2C(=O)NC(=O)/C(=C\c3cc(Cl)c(OCc4cccc([N+](=O)[O-])c4)c(Br)c3)C2=O)c1. The van der Waals surface area contributed by atoms with Crippen LogP contribution < -0.4 is 15.0 Å². The van der Waals surface area contributed by atoms with Crippen molar-refractivity contribution < 1.29 is 24.0 Å². The molecule has 188 valence electrons. The molecule has 9 nitrogen and oxygen atoms in total. The van der Waals surface area contributed by atoms with Gasteiger partial charge in [-0.1, -0.05) is 29.8 Å². The zero-order chi connectivity index (χ0) is 26.9. The topological polar surface area (TPSA) is 119 Å². The number of barbiturate groups is 1. The summed E-state index contributed by atoms with van der Waals surface area (Å²) in [4.78, 5) is 49.7. The zero-order valence-corrected chi connectivity index (χ0v) is 21.9. The van der Waals surface area contributed by atoms with Gasteiger partial charge in [-0.15, -0.1) is 0 Å². The zero-order valence-electron chi connectivity index (χ0n) is 19.6. The minimum Gasteiger partial charge on any atom is -0.486 e. The highest BCUT2D eigenvalue weighted by Gasteiger charge is 2.37. The van der Waals surface area contributed by atoms with Crippen LogP contribution in [-0.4, -0.2) is 22.8 Å². The Labute approximate surface area is 225 Å². The number of benzene rings is 3. The Hall–Kier alpha value is -4.02. The van der Waals surface area contributed by atoms with Gasteiger partial charge in [0.05, 0.1) is 20.1 Å². The molecule has 1 N–H and O–H groups in total. The molecule has 0 bridgehead atoms. The first kappa shape index (κ1) is 26.1. The minimum absolute atomic E-state index is 0.0221. The maximum Gasteiger partial charge on any atom is 0.335 e. The van der Waals surface area contributed by atoms with Gasteiger partial charge in [0.1, 0.15) is 12.2 Å². The lowest BCUT2D eigenvalue weighted by atomic mass is 10.1. The van der Waals surface area contributed by atoms with E-state index in [0.29, 0.717) is 21.3 Å². The molecular formula is C26H19BrClN3O6. The van der Waals surface area contributed by atoms with E-state index in [-0.39, 0.29) is 28.6 Å². The summed E-state index contributed by atoms with van der Waals surface area (Å²) in [6.07, 6.45) is 1.33. The maximum absolute atomic E-state index is 13.2. The van der Waals surface area contributed by atoms with E-state index in [1.165, 1.54) is 24.3 Å². The van der Waals surface area contributed by atoms with Crippen molar-refractivity contribution in [2.75, 3.05) is 4.90 Å². The molecule has 0 saturated carbocycles. The second kappa shape index (κ2) is 10.5. The third-order valence-electron chi connectivity index (χ3n) is 5.40. The number of halogens is 2. The maximum atomic E-state index is 13.2. The number of amides is 4. The number of rotatable bonds is 6. The number of imide groups is 2. The Morgan fingerprint density at radius 2 is 1.78 bits per heavy atom. The number of nitro groups is 1. The van der Waals surface area contributed by atoms with Crippen LogP contribution in [0.15, 0.2) is 64.6 Å². The minimum atomic E-state index is -0.832. The molecule has 0 spiro atoms. The molecule has 0 atom stereocenters. The van der Waals surface area contributed by atoms with Gasteiger partial charge in [-0.25, -0.2) is 9.69 Å². The number of aryl methyl sites for hydroxylation is 2. The Bertz CT molecular complexity index is 1460. The Morgan fingerprint density at radius 1 is 1.08 bits per heavy atom. The molecule has 3 aromatic carbocycles. The van der Waals surface area contributed by atoms with Gasteiger partial charge in [0.15, 0.2) is 5.75 Å². The van der Waals surface area contributed by atoms with E-state index in [9.17, 15) is 24.5 Å². The van der Waals surface area contributed by atoms with Crippen molar-refractivity contribution in [3.8, 4) is 5.75 Å². The van der Waals surface area contributed by atoms with Crippen LogP contribution in [0.1, 0.15) is 22.3 Å². The van der Waals surface area contributed by atoms with Gasteiger partial charge in [-0.05, 0) is 82.4 Å². The number of nitro benzene ring substituents is 1. The lowest BCUT2D eigenvalue weighted by Crippen LogP contribution is -2.54. The summed E-state index contributed by atoms with van der Waals surface area (Å²) in [5, 5.41) is 13.4. The van der Waals surface area contributed by atoms with Crippen LogP contribution in [0.5, 0.6) is 5.75 Å². The number of anilines is 1. The average Bonchev–Trinajstić information content (AvgIpc) is 2.80. The van der Waals surface area contributed by atoms with Crippen molar-refractivity contribution in [3.05, 3.63) is 102 Å². The summed E-state index contributed by atoms with van der Waals surface area (Å²) in [5.41, 5.74) is 2.74. The molecule has 1 heterocycles. The predicted molar refractivity (Wildman–Crippen MR) is 141 cm³/mol. The quantitative estimate of drug-likeness (QED) is 0.167. The van der Waals surface area contributed by atoms with Gasteiger partial charge in [-0.3, -0.25) is 25.0 Å². The van der Waals surface area contributed by atoms with Gasteiger partial charge in [0.2, 0.25) is 0 Å². The number of ether oxygens (including phenoxy) is 1. The van der Waals surface area contributed by atoms with Gasteiger partial charge in [-0.2, -0.15) is 0 Å². The summed E-state index contributed by atoms with van der Waals surface area (Å²) < 4.78 is 6.20. The number of nitrogens with one attached hydrogen (secondary N) is 1. The van der Waals surface area contributed by atoms with Crippen LogP contribution in [0.25, 0.3) is 6.08 Å². The second-order valence-corrected chi connectivity index (χ2v) is 9.59. The van der Waals surface area contributed by atoms with Gasteiger partial charge in [0, 0.05) is 12.1 Å². The van der Waals surface area contributed by atoms with Crippen LogP contribution in [0.2, 0.25) is 5.02 Å². The third kappa shape index (κ3) is 5.71. The predicted octanol–water partition coefficient (Wildman–Crippen LogP) is 5.87. The molecule has 37 heavy (non-hydrogen) atoms. The molecule has 1 fully saturated rings. The third-order valence-corrected chi connectivity index (χ3v) is 6.27. The Balaban J connectivity index is 1.61. The molecule has 0 unspecified atom stereocenters. The van der Waals surface area contributed by atoms with Crippen LogP contribution in [-0.2, 0) is 16.2 Å². The van der Waals surface area contributed by atoms with Crippen molar-refractivity contribution in [2.45, 2.75) is 20.5 Å². The molecule has 1 aliphatic rings. The lowest BCUT2D eigenvalue weighted by Gasteiger charge is -2.27. The number of non-ortho nitro benzene ring substituents is 1. The Kier molecular flexibility index (Phi) is 7.42. The van der Waals surface area contributed by atoms with Crippen molar-refractivity contribution >= 4 is 62.8 Å². The average molecular weight is 585 g/mol. The highest BCUT2D eigenvalue weighted by molar-refractivity contribution is 9.10. The van der Waals surface area contributed by atoms with Gasteiger partial charge >= 0.3 is 6.03 Å². The largest absolute Gasteiger partial charge is 0.486 e. The van der Waals surface area contributed by atoms with Crippen molar-refractivity contribution in [2.24, 2.45) is 0 Å². The first-order chi connectivity index (χ1) is 17.5. The van der Waals surface area contributed by atoms with E-state index >= 15 is 0 Å². The highest BCUT2D eigenvalue weighted by atomic mass is 79.9. The summed E-state index contributed by atoms with van der Waals surface area (Å²) in [5.74, 6) is -1.31. The summed E-state index contributed by atoms with van der Waals surface area (Å²) in [6, 6.07) is 13.5. The molecule has 0 aromatic heterocycles. The number of hydrogen-bond donors (Lipinski definition) is 1. The van der Waals surface area contributed by atoms with E-state index < -0.39 is 22.8 Å². The van der Waals surface area contributed by atoms with Crippen LogP contribution >= 0.6 is 27.5 Å². The van der Waals surface area contributed by atoms with E-state index in [1.54, 1.807) is 30.3 Å². The number of carbonyl (C=O) groups excluding carboxylic acids is 3. The van der Waals surface area contributed by atoms with Gasteiger partial charge < -0.3 is 4.74 Å². The van der Waals surface area contributed by atoms with E-state index in [1.807, 2.05) is 19.9 Å². The van der Waals surface area contributed by atoms with E-state index in [2.05, 4.69) is 21.2 Å². The van der Waals surface area contributed by atoms with Crippen LogP contribution in [0, 0.1) is 24.0 Å². The first-order valence-corrected chi connectivity index (χ1v) is 12.1.